The first kappa shape index (κ1) is 7.37. The van der Waals surface area contributed by atoms with Crippen molar-refractivity contribution >= 4 is 13.3 Å². The van der Waals surface area contributed by atoms with E-state index in [0.717, 1.165) is 15.9 Å². The molecule has 12 heavy (non-hydrogen) atoms. The van der Waals surface area contributed by atoms with Crippen LogP contribution in [0.3, 0.4) is 0 Å². The SMILES string of the molecule is ONC=c1ccc2c(c1)COB=2. The van der Waals surface area contributed by atoms with Gasteiger partial charge >= 0.3 is 69.4 Å². The van der Waals surface area contributed by atoms with E-state index in [0.29, 0.717) is 6.61 Å². The molecule has 0 fully saturated rings. The molecule has 0 saturated heterocycles. The Balaban J connectivity index is 2.56. The first-order valence-corrected chi connectivity index (χ1v) is 3.71. The topological polar surface area (TPSA) is 41.5 Å². The van der Waals surface area contributed by atoms with Gasteiger partial charge in [-0.25, -0.2) is 0 Å². The molecule has 2 rings (SSSR count). The quantitative estimate of drug-likeness (QED) is 0.442. The zero-order valence-corrected chi connectivity index (χ0v) is 6.45. The molecule has 0 atom stereocenters. The number of benzene rings is 1. The second-order valence-corrected chi connectivity index (χ2v) is 2.66. The summed E-state index contributed by atoms with van der Waals surface area (Å²) in [5, 5.41) is 10.5. The summed E-state index contributed by atoms with van der Waals surface area (Å²) < 4.78 is 5.13. The van der Waals surface area contributed by atoms with Crippen molar-refractivity contribution in [3.8, 4) is 0 Å². The molecule has 0 bridgehead atoms. The monoisotopic (exact) mass is 161 g/mol. The Labute approximate surface area is 70.2 Å². The molecule has 1 aliphatic heterocycles. The molecule has 1 aliphatic rings. The van der Waals surface area contributed by atoms with Gasteiger partial charge in [0, 0.05) is 0 Å². The van der Waals surface area contributed by atoms with Crippen molar-refractivity contribution < 1.29 is 9.86 Å². The van der Waals surface area contributed by atoms with E-state index in [1.165, 1.54) is 6.20 Å². The maximum atomic E-state index is 8.42. The first-order chi connectivity index (χ1) is 5.90. The zero-order valence-electron chi connectivity index (χ0n) is 6.45. The van der Waals surface area contributed by atoms with E-state index in [1.54, 1.807) is 7.12 Å². The molecule has 0 aliphatic carbocycles. The van der Waals surface area contributed by atoms with Gasteiger partial charge < -0.3 is 0 Å². The molecule has 0 unspecified atom stereocenters. The summed E-state index contributed by atoms with van der Waals surface area (Å²) in [7, 11) is 1.74. The van der Waals surface area contributed by atoms with Crippen LogP contribution in [-0.4, -0.2) is 12.3 Å². The van der Waals surface area contributed by atoms with Crippen LogP contribution in [-0.2, 0) is 11.3 Å². The van der Waals surface area contributed by atoms with E-state index in [1.807, 2.05) is 23.7 Å². The zero-order chi connectivity index (χ0) is 8.39. The fourth-order valence-corrected chi connectivity index (χ4v) is 1.25. The minimum atomic E-state index is 0.627. The van der Waals surface area contributed by atoms with Crippen molar-refractivity contribution in [3.63, 3.8) is 0 Å². The average Bonchev–Trinajstić information content (AvgIpc) is 2.51. The molecule has 60 valence electrons. The van der Waals surface area contributed by atoms with Crippen molar-refractivity contribution in [2.45, 2.75) is 6.61 Å². The average molecular weight is 161 g/mol. The van der Waals surface area contributed by atoms with Gasteiger partial charge in [-0.1, -0.05) is 0 Å². The van der Waals surface area contributed by atoms with Crippen LogP contribution in [0.2, 0.25) is 0 Å². The number of hydrogen-bond donors (Lipinski definition) is 2. The number of rotatable bonds is 1. The van der Waals surface area contributed by atoms with E-state index >= 15 is 0 Å². The molecular weight excluding hydrogens is 153 g/mol. The fraction of sp³-hybridized carbons (Fsp3) is 0.125. The second-order valence-electron chi connectivity index (χ2n) is 2.66. The van der Waals surface area contributed by atoms with Crippen LogP contribution in [0.25, 0.3) is 6.20 Å². The van der Waals surface area contributed by atoms with E-state index in [9.17, 15) is 0 Å². The molecule has 0 saturated carbocycles. The molecule has 2 N–H and O–H groups in total. The minimum absolute atomic E-state index is 0.627. The van der Waals surface area contributed by atoms with Crippen molar-refractivity contribution in [3.05, 3.63) is 34.1 Å². The van der Waals surface area contributed by atoms with Crippen molar-refractivity contribution in [2.24, 2.45) is 0 Å². The summed E-state index contributed by atoms with van der Waals surface area (Å²) in [6, 6.07) is 5.85. The Hall–Kier alpha value is -1.29. The summed E-state index contributed by atoms with van der Waals surface area (Å²) in [4.78, 5) is 0. The Morgan fingerprint density at radius 1 is 1.58 bits per heavy atom. The third-order valence-electron chi connectivity index (χ3n) is 1.85. The van der Waals surface area contributed by atoms with E-state index in [2.05, 4.69) is 0 Å². The summed E-state index contributed by atoms with van der Waals surface area (Å²) >= 11 is 0. The molecule has 3 nitrogen and oxygen atoms in total. The van der Waals surface area contributed by atoms with Crippen LogP contribution >= 0.6 is 0 Å². The molecular formula is C8H8BNO2. The van der Waals surface area contributed by atoms with Crippen LogP contribution in [0.15, 0.2) is 18.2 Å². The van der Waals surface area contributed by atoms with E-state index in [-0.39, 0.29) is 0 Å². The first-order valence-electron chi connectivity index (χ1n) is 3.71. The fourth-order valence-electron chi connectivity index (χ4n) is 1.25. The molecule has 4 heteroatoms. The van der Waals surface area contributed by atoms with Gasteiger partial charge in [-0.3, -0.25) is 0 Å². The number of hydroxylamine groups is 1. The third-order valence-corrected chi connectivity index (χ3v) is 1.85. The molecule has 1 aromatic carbocycles. The number of nitrogens with one attached hydrogen (secondary N) is 1. The van der Waals surface area contributed by atoms with Gasteiger partial charge in [-0.05, 0) is 0 Å². The molecule has 0 radical (unpaired) electrons. The Morgan fingerprint density at radius 2 is 2.50 bits per heavy atom. The van der Waals surface area contributed by atoms with Gasteiger partial charge in [0.05, 0.1) is 0 Å². The van der Waals surface area contributed by atoms with Crippen LogP contribution in [0.4, 0.5) is 0 Å². The molecule has 0 aromatic heterocycles. The molecule has 1 aromatic rings. The maximum absolute atomic E-state index is 8.42. The standard InChI is InChI=1S/C8H8BNO2/c11-10-4-6-1-2-8-7(3-6)5-12-9-8/h1-4,10-11H,5H2. The van der Waals surface area contributed by atoms with Crippen LogP contribution in [0, 0.1) is 5.11 Å². The number of fused-ring (bicyclic) bond motifs is 1. The Kier molecular flexibility index (Phi) is 1.83. The summed E-state index contributed by atoms with van der Waals surface area (Å²) in [5.41, 5.74) is 3.15. The predicted molar refractivity (Wildman–Crippen MR) is 44.8 cm³/mol. The molecule has 0 spiro atoms. The van der Waals surface area contributed by atoms with Crippen molar-refractivity contribution in [1.82, 2.24) is 5.48 Å². The predicted octanol–water partition coefficient (Wildman–Crippen LogP) is -0.196. The summed E-state index contributed by atoms with van der Waals surface area (Å²) in [6.07, 6.45) is 1.53. The van der Waals surface area contributed by atoms with Crippen molar-refractivity contribution in [1.29, 1.82) is 0 Å². The summed E-state index contributed by atoms with van der Waals surface area (Å²) in [5.74, 6) is 0. The number of hydrogen-bond acceptors (Lipinski definition) is 3. The molecule has 0 amide bonds. The van der Waals surface area contributed by atoms with Crippen LogP contribution in [0.1, 0.15) is 5.56 Å². The van der Waals surface area contributed by atoms with Crippen molar-refractivity contribution in [2.75, 3.05) is 0 Å². The Morgan fingerprint density at radius 3 is 3.33 bits per heavy atom. The normalized spacial score (nSPS) is 14.2. The molecule has 1 heterocycles. The van der Waals surface area contributed by atoms with Gasteiger partial charge in [0.25, 0.3) is 0 Å². The third kappa shape index (κ3) is 1.21. The van der Waals surface area contributed by atoms with E-state index in [4.69, 9.17) is 9.86 Å². The summed E-state index contributed by atoms with van der Waals surface area (Å²) in [6.45, 7) is 0.627. The van der Waals surface area contributed by atoms with Gasteiger partial charge in [0.15, 0.2) is 0 Å². The Bertz CT molecular complexity index is 402. The van der Waals surface area contributed by atoms with Crippen LogP contribution < -0.4 is 10.7 Å². The van der Waals surface area contributed by atoms with E-state index < -0.39 is 0 Å². The van der Waals surface area contributed by atoms with Gasteiger partial charge in [-0.2, -0.15) is 0 Å². The van der Waals surface area contributed by atoms with Crippen LogP contribution in [0.5, 0.6) is 0 Å². The van der Waals surface area contributed by atoms with Gasteiger partial charge in [0.2, 0.25) is 0 Å². The second kappa shape index (κ2) is 2.99. The van der Waals surface area contributed by atoms with Gasteiger partial charge in [-0.15, -0.1) is 0 Å². The van der Waals surface area contributed by atoms with Gasteiger partial charge in [0.1, 0.15) is 0 Å².